The molecule has 1 aliphatic carbocycles. The summed E-state index contributed by atoms with van der Waals surface area (Å²) in [7, 11) is 0. The number of hydrogen-bond donors (Lipinski definition) is 3. The lowest BCUT2D eigenvalue weighted by Gasteiger charge is -2.26. The first-order valence-corrected chi connectivity index (χ1v) is 9.52. The largest absolute Gasteiger partial charge is 0.478 e. The van der Waals surface area contributed by atoms with Crippen molar-refractivity contribution in [1.82, 2.24) is 9.78 Å². The molecule has 1 saturated carbocycles. The molecule has 1 amide bonds. The molecule has 0 radical (unpaired) electrons. The third kappa shape index (κ3) is 3.29. The van der Waals surface area contributed by atoms with Gasteiger partial charge in [0, 0.05) is 12.3 Å². The number of carbonyl (C=O) groups excluding carboxylic acids is 1. The predicted octanol–water partition coefficient (Wildman–Crippen LogP) is 3.24. The van der Waals surface area contributed by atoms with Crippen LogP contribution in [0.1, 0.15) is 78.4 Å². The summed E-state index contributed by atoms with van der Waals surface area (Å²) >= 11 is 0. The second-order valence-corrected chi connectivity index (χ2v) is 7.45. The van der Waals surface area contributed by atoms with Crippen LogP contribution >= 0.6 is 0 Å². The number of aromatic nitrogens is 2. The second-order valence-electron chi connectivity index (χ2n) is 7.45. The zero-order valence-electron chi connectivity index (χ0n) is 15.0. The van der Waals surface area contributed by atoms with Crippen molar-refractivity contribution < 1.29 is 14.7 Å². The summed E-state index contributed by atoms with van der Waals surface area (Å²) in [4.78, 5) is 36.2. The first kappa shape index (κ1) is 17.6. The Morgan fingerprint density at radius 1 is 1.04 bits per heavy atom. The van der Waals surface area contributed by atoms with Gasteiger partial charge in [0.1, 0.15) is 5.82 Å². The van der Waals surface area contributed by atoms with E-state index >= 15 is 0 Å². The third-order valence-corrected chi connectivity index (χ3v) is 5.71. The maximum Gasteiger partial charge on any atom is 0.335 e. The fourth-order valence-electron chi connectivity index (χ4n) is 4.32. The van der Waals surface area contributed by atoms with Gasteiger partial charge in [0.25, 0.3) is 5.56 Å². The molecule has 27 heavy (non-hydrogen) atoms. The first-order chi connectivity index (χ1) is 13.0. The Morgan fingerprint density at radius 2 is 1.70 bits per heavy atom. The van der Waals surface area contributed by atoms with Gasteiger partial charge in [-0.1, -0.05) is 37.8 Å². The zero-order chi connectivity index (χ0) is 19.0. The van der Waals surface area contributed by atoms with Crippen molar-refractivity contribution in [3.63, 3.8) is 0 Å². The number of nitrogens with one attached hydrogen (secondary N) is 2. The predicted molar refractivity (Wildman–Crippen MR) is 100 cm³/mol. The average molecular weight is 369 g/mol. The van der Waals surface area contributed by atoms with Crippen LogP contribution in [0.15, 0.2) is 29.1 Å². The molecule has 2 heterocycles. The molecule has 1 atom stereocenters. The summed E-state index contributed by atoms with van der Waals surface area (Å²) < 4.78 is 1.86. The summed E-state index contributed by atoms with van der Waals surface area (Å²) in [5.74, 6) is -0.917. The fourth-order valence-corrected chi connectivity index (χ4v) is 4.32. The van der Waals surface area contributed by atoms with Crippen LogP contribution in [-0.2, 0) is 4.79 Å². The van der Waals surface area contributed by atoms with Crippen LogP contribution in [0.5, 0.6) is 0 Å². The smallest absolute Gasteiger partial charge is 0.335 e. The number of aromatic amines is 1. The maximum atomic E-state index is 12.8. The Kier molecular flexibility index (Phi) is 4.59. The van der Waals surface area contributed by atoms with E-state index in [4.69, 9.17) is 5.11 Å². The van der Waals surface area contributed by atoms with Crippen molar-refractivity contribution in [1.29, 1.82) is 0 Å². The lowest BCUT2D eigenvalue weighted by atomic mass is 9.86. The van der Waals surface area contributed by atoms with Crippen LogP contribution in [-0.4, -0.2) is 26.8 Å². The molecule has 7 nitrogen and oxygen atoms in total. The molecular weight excluding hydrogens is 346 g/mol. The molecule has 142 valence electrons. The van der Waals surface area contributed by atoms with Gasteiger partial charge in [0.15, 0.2) is 0 Å². The Hall–Kier alpha value is -2.83. The van der Waals surface area contributed by atoms with Gasteiger partial charge in [0.2, 0.25) is 5.91 Å². The summed E-state index contributed by atoms with van der Waals surface area (Å²) in [5.41, 5.74) is 1.35. The van der Waals surface area contributed by atoms with Crippen molar-refractivity contribution in [2.45, 2.75) is 56.9 Å². The number of aromatic carboxylic acids is 1. The Bertz CT molecular complexity index is 918. The van der Waals surface area contributed by atoms with Crippen LogP contribution in [0.2, 0.25) is 0 Å². The highest BCUT2D eigenvalue weighted by Crippen LogP contribution is 2.38. The van der Waals surface area contributed by atoms with Gasteiger partial charge in [0.05, 0.1) is 17.2 Å². The molecule has 4 rings (SSSR count). The van der Waals surface area contributed by atoms with E-state index in [1.807, 2.05) is 4.68 Å². The molecule has 0 saturated heterocycles. The minimum Gasteiger partial charge on any atom is -0.478 e. The second kappa shape index (κ2) is 7.06. The van der Waals surface area contributed by atoms with Crippen molar-refractivity contribution in [3.05, 3.63) is 51.3 Å². The SMILES string of the molecule is O=C1CC(c2ccc(C(=O)O)cc2)c2c(n(C3CCCCCC3)[nH]c2=O)N1. The van der Waals surface area contributed by atoms with E-state index in [0.29, 0.717) is 11.4 Å². The van der Waals surface area contributed by atoms with Crippen LogP contribution in [0.25, 0.3) is 0 Å². The number of H-pyrrole nitrogens is 1. The zero-order valence-corrected chi connectivity index (χ0v) is 15.0. The molecule has 1 aromatic heterocycles. The van der Waals surface area contributed by atoms with Gasteiger partial charge in [-0.15, -0.1) is 0 Å². The van der Waals surface area contributed by atoms with Gasteiger partial charge in [-0.05, 0) is 30.5 Å². The quantitative estimate of drug-likeness (QED) is 0.722. The van der Waals surface area contributed by atoms with E-state index < -0.39 is 5.97 Å². The van der Waals surface area contributed by atoms with E-state index in [9.17, 15) is 14.4 Å². The molecule has 1 aromatic carbocycles. The van der Waals surface area contributed by atoms with Gasteiger partial charge in [-0.2, -0.15) is 0 Å². The standard InChI is InChI=1S/C20H23N3O4/c24-16-11-15(12-7-9-13(10-8-12)20(26)27)17-18(21-16)23(22-19(17)25)14-5-3-1-2-4-6-14/h7-10,14-15H,1-6,11H2,(H,21,24)(H,22,25)(H,26,27). The average Bonchev–Trinajstić information content (AvgIpc) is 2.84. The van der Waals surface area contributed by atoms with Crippen molar-refractivity contribution in [3.8, 4) is 0 Å². The number of carboxylic acids is 1. The summed E-state index contributed by atoms with van der Waals surface area (Å²) in [6, 6.07) is 6.61. The molecule has 7 heteroatoms. The van der Waals surface area contributed by atoms with Crippen molar-refractivity contribution >= 4 is 17.7 Å². The monoisotopic (exact) mass is 369 g/mol. The third-order valence-electron chi connectivity index (χ3n) is 5.71. The van der Waals surface area contributed by atoms with Gasteiger partial charge in [-0.25, -0.2) is 4.79 Å². The van der Waals surface area contributed by atoms with E-state index in [2.05, 4.69) is 10.4 Å². The maximum absolute atomic E-state index is 12.8. The fraction of sp³-hybridized carbons (Fsp3) is 0.450. The highest BCUT2D eigenvalue weighted by Gasteiger charge is 2.34. The minimum absolute atomic E-state index is 0.129. The first-order valence-electron chi connectivity index (χ1n) is 9.52. The van der Waals surface area contributed by atoms with Crippen molar-refractivity contribution in [2.75, 3.05) is 5.32 Å². The highest BCUT2D eigenvalue weighted by molar-refractivity contribution is 5.94. The highest BCUT2D eigenvalue weighted by atomic mass is 16.4. The Labute approximate surface area is 156 Å². The van der Waals surface area contributed by atoms with E-state index in [0.717, 1.165) is 31.2 Å². The van der Waals surface area contributed by atoms with Crippen LogP contribution in [0.3, 0.4) is 0 Å². The lowest BCUT2D eigenvalue weighted by Crippen LogP contribution is -2.27. The molecule has 0 spiro atoms. The van der Waals surface area contributed by atoms with E-state index in [-0.39, 0.29) is 35.4 Å². The molecule has 3 N–H and O–H groups in total. The molecule has 2 aliphatic rings. The minimum atomic E-state index is -0.999. The van der Waals surface area contributed by atoms with Crippen molar-refractivity contribution in [2.24, 2.45) is 0 Å². The number of fused-ring (bicyclic) bond motifs is 1. The van der Waals surface area contributed by atoms with E-state index in [1.165, 1.54) is 25.0 Å². The van der Waals surface area contributed by atoms with Gasteiger partial charge in [-0.3, -0.25) is 19.4 Å². The Morgan fingerprint density at radius 3 is 2.33 bits per heavy atom. The number of anilines is 1. The number of rotatable bonds is 3. The molecule has 0 bridgehead atoms. The van der Waals surface area contributed by atoms with Gasteiger partial charge < -0.3 is 10.4 Å². The number of carboxylic acid groups (broad SMARTS) is 1. The molecule has 2 aromatic rings. The van der Waals surface area contributed by atoms with Crippen LogP contribution < -0.4 is 10.9 Å². The number of hydrogen-bond acceptors (Lipinski definition) is 3. The number of amides is 1. The van der Waals surface area contributed by atoms with Crippen LogP contribution in [0.4, 0.5) is 5.82 Å². The Balaban J connectivity index is 1.74. The van der Waals surface area contributed by atoms with Gasteiger partial charge >= 0.3 is 5.97 Å². The van der Waals surface area contributed by atoms with E-state index in [1.54, 1.807) is 12.1 Å². The number of nitrogens with zero attached hydrogens (tertiary/aromatic N) is 1. The molecule has 1 aliphatic heterocycles. The summed E-state index contributed by atoms with van der Waals surface area (Å²) in [6.45, 7) is 0. The molecule has 1 unspecified atom stereocenters. The summed E-state index contributed by atoms with van der Waals surface area (Å²) in [5, 5.41) is 14.9. The normalized spacial score (nSPS) is 20.6. The topological polar surface area (TPSA) is 104 Å². The molecule has 1 fully saturated rings. The summed E-state index contributed by atoms with van der Waals surface area (Å²) in [6.07, 6.45) is 6.80. The lowest BCUT2D eigenvalue weighted by molar-refractivity contribution is -0.116. The molecular formula is C20H23N3O4. The number of carbonyl (C=O) groups is 2. The number of benzene rings is 1. The van der Waals surface area contributed by atoms with Crippen LogP contribution in [0, 0.1) is 0 Å².